The molecular weight excluding hydrogens is 298 g/mol. The molecule has 2 rings (SSSR count). The molecule has 0 aromatic heterocycles. The Balaban J connectivity index is 2.09. The van der Waals surface area contributed by atoms with E-state index in [1.807, 2.05) is 18.7 Å². The van der Waals surface area contributed by atoms with Crippen LogP contribution in [0.15, 0.2) is 0 Å². The minimum Gasteiger partial charge on any atom is -0.464 e. The van der Waals surface area contributed by atoms with E-state index < -0.39 is 0 Å². The van der Waals surface area contributed by atoms with Crippen LogP contribution in [0.3, 0.4) is 0 Å². The Kier molecular flexibility index (Phi) is 7.06. The highest BCUT2D eigenvalue weighted by atomic mass is 32.2. The molecule has 2 unspecified atom stereocenters. The highest BCUT2D eigenvalue weighted by molar-refractivity contribution is 8.00. The zero-order chi connectivity index (χ0) is 15.9. The molecule has 22 heavy (non-hydrogen) atoms. The topological polar surface area (TPSA) is 46.6 Å². The highest BCUT2D eigenvalue weighted by Gasteiger charge is 2.45. The second kappa shape index (κ2) is 8.80. The fourth-order valence-electron chi connectivity index (χ4n) is 3.45. The molecule has 1 saturated heterocycles. The molecule has 2 fully saturated rings. The van der Waals surface area contributed by atoms with Gasteiger partial charge in [-0.05, 0) is 31.6 Å². The second-order valence-electron chi connectivity index (χ2n) is 6.36. The van der Waals surface area contributed by atoms with Crippen molar-refractivity contribution in [2.75, 3.05) is 12.4 Å². The fraction of sp³-hybridized carbons (Fsp3) is 0.882. The summed E-state index contributed by atoms with van der Waals surface area (Å²) in [7, 11) is 0. The standard InChI is InChI=1S/C17H29NO3S/c1-3-8-15(19)18-14(17(20)21-11-4-2)12-22-16(18)13-9-6-5-7-10-13/h13-14,16H,3-12H2,1-2H3. The van der Waals surface area contributed by atoms with Gasteiger partial charge in [0.2, 0.25) is 5.91 Å². The van der Waals surface area contributed by atoms with Gasteiger partial charge in [-0.25, -0.2) is 4.79 Å². The molecule has 5 heteroatoms. The lowest BCUT2D eigenvalue weighted by Gasteiger charge is -2.35. The van der Waals surface area contributed by atoms with Gasteiger partial charge in [0.25, 0.3) is 0 Å². The van der Waals surface area contributed by atoms with Crippen LogP contribution in [0.1, 0.15) is 65.2 Å². The van der Waals surface area contributed by atoms with E-state index in [2.05, 4.69) is 0 Å². The largest absolute Gasteiger partial charge is 0.464 e. The molecule has 2 aliphatic rings. The summed E-state index contributed by atoms with van der Waals surface area (Å²) in [5.41, 5.74) is 0. The van der Waals surface area contributed by atoms with Crippen LogP contribution < -0.4 is 0 Å². The van der Waals surface area contributed by atoms with Crippen LogP contribution in [0.2, 0.25) is 0 Å². The van der Waals surface area contributed by atoms with Crippen molar-refractivity contribution < 1.29 is 14.3 Å². The van der Waals surface area contributed by atoms with E-state index in [4.69, 9.17) is 4.74 Å². The van der Waals surface area contributed by atoms with Crippen molar-refractivity contribution in [1.82, 2.24) is 4.90 Å². The molecule has 0 radical (unpaired) electrons. The Labute approximate surface area is 138 Å². The maximum atomic E-state index is 12.6. The molecule has 4 nitrogen and oxygen atoms in total. The zero-order valence-electron chi connectivity index (χ0n) is 13.9. The number of hydrogen-bond donors (Lipinski definition) is 0. The summed E-state index contributed by atoms with van der Waals surface area (Å²) >= 11 is 1.79. The molecule has 1 aliphatic heterocycles. The predicted molar refractivity (Wildman–Crippen MR) is 89.6 cm³/mol. The first kappa shape index (κ1) is 17.6. The SMILES string of the molecule is CCCOC(=O)C1CSC(C2CCCCC2)N1C(=O)CCC. The average molecular weight is 327 g/mol. The van der Waals surface area contributed by atoms with Crippen LogP contribution >= 0.6 is 11.8 Å². The van der Waals surface area contributed by atoms with Gasteiger partial charge >= 0.3 is 5.97 Å². The summed E-state index contributed by atoms with van der Waals surface area (Å²) in [4.78, 5) is 26.8. The Hall–Kier alpha value is -0.710. The van der Waals surface area contributed by atoms with Crippen LogP contribution in [0, 0.1) is 5.92 Å². The van der Waals surface area contributed by atoms with Crippen molar-refractivity contribution in [3.63, 3.8) is 0 Å². The Morgan fingerprint density at radius 3 is 2.50 bits per heavy atom. The molecule has 0 bridgehead atoms. The van der Waals surface area contributed by atoms with Crippen LogP contribution in [0.25, 0.3) is 0 Å². The maximum absolute atomic E-state index is 12.6. The highest BCUT2D eigenvalue weighted by Crippen LogP contribution is 2.41. The number of hydrogen-bond acceptors (Lipinski definition) is 4. The van der Waals surface area contributed by atoms with E-state index in [1.165, 1.54) is 32.1 Å². The Morgan fingerprint density at radius 1 is 1.14 bits per heavy atom. The van der Waals surface area contributed by atoms with Gasteiger partial charge in [-0.15, -0.1) is 11.8 Å². The number of carbonyl (C=O) groups excluding carboxylic acids is 2. The number of carbonyl (C=O) groups is 2. The first-order chi connectivity index (χ1) is 10.7. The van der Waals surface area contributed by atoms with Crippen molar-refractivity contribution >= 4 is 23.6 Å². The van der Waals surface area contributed by atoms with Gasteiger partial charge in [0.05, 0.1) is 12.0 Å². The first-order valence-electron chi connectivity index (χ1n) is 8.78. The minimum atomic E-state index is -0.373. The number of esters is 1. The number of amides is 1. The first-order valence-corrected chi connectivity index (χ1v) is 9.83. The molecular formula is C17H29NO3S. The van der Waals surface area contributed by atoms with E-state index in [-0.39, 0.29) is 23.3 Å². The smallest absolute Gasteiger partial charge is 0.329 e. The quantitative estimate of drug-likeness (QED) is 0.700. The van der Waals surface area contributed by atoms with Crippen molar-refractivity contribution in [2.45, 2.75) is 76.6 Å². The van der Waals surface area contributed by atoms with E-state index in [0.717, 1.165) is 12.8 Å². The third kappa shape index (κ3) is 4.18. The van der Waals surface area contributed by atoms with Gasteiger partial charge < -0.3 is 9.64 Å². The monoisotopic (exact) mass is 327 g/mol. The van der Waals surface area contributed by atoms with Crippen molar-refractivity contribution in [3.8, 4) is 0 Å². The van der Waals surface area contributed by atoms with Crippen LogP contribution in [0.4, 0.5) is 0 Å². The second-order valence-corrected chi connectivity index (χ2v) is 7.51. The molecule has 0 spiro atoms. The van der Waals surface area contributed by atoms with Gasteiger partial charge in [-0.1, -0.05) is 33.1 Å². The van der Waals surface area contributed by atoms with Crippen molar-refractivity contribution in [1.29, 1.82) is 0 Å². The zero-order valence-corrected chi connectivity index (χ0v) is 14.7. The number of ether oxygens (including phenoxy) is 1. The normalized spacial score (nSPS) is 26.2. The molecule has 1 heterocycles. The van der Waals surface area contributed by atoms with Crippen molar-refractivity contribution in [3.05, 3.63) is 0 Å². The number of rotatable bonds is 6. The molecule has 126 valence electrons. The van der Waals surface area contributed by atoms with Crippen LogP contribution in [-0.2, 0) is 14.3 Å². The lowest BCUT2D eigenvalue weighted by Crippen LogP contribution is -2.48. The summed E-state index contributed by atoms with van der Waals surface area (Å²) in [5.74, 6) is 1.15. The number of thioether (sulfide) groups is 1. The lowest BCUT2D eigenvalue weighted by atomic mass is 9.88. The fourth-order valence-corrected chi connectivity index (χ4v) is 5.09. The average Bonchev–Trinajstić information content (AvgIpc) is 2.98. The van der Waals surface area contributed by atoms with Crippen LogP contribution in [0.5, 0.6) is 0 Å². The molecule has 1 aliphatic carbocycles. The Morgan fingerprint density at radius 2 is 1.86 bits per heavy atom. The van der Waals surface area contributed by atoms with E-state index in [1.54, 1.807) is 11.8 Å². The lowest BCUT2D eigenvalue weighted by molar-refractivity contribution is -0.154. The molecule has 1 saturated carbocycles. The Bertz CT molecular complexity index is 382. The van der Waals surface area contributed by atoms with E-state index >= 15 is 0 Å². The minimum absolute atomic E-state index is 0.126. The maximum Gasteiger partial charge on any atom is 0.329 e. The molecule has 1 amide bonds. The third-order valence-electron chi connectivity index (χ3n) is 4.56. The summed E-state index contributed by atoms with van der Waals surface area (Å²) in [6, 6.07) is -0.373. The van der Waals surface area contributed by atoms with E-state index in [0.29, 0.717) is 24.7 Å². The molecule has 0 aromatic rings. The predicted octanol–water partition coefficient (Wildman–Crippen LogP) is 3.59. The number of nitrogens with zero attached hydrogens (tertiary/aromatic N) is 1. The summed E-state index contributed by atoms with van der Waals surface area (Å²) in [5, 5.41) is 0.179. The third-order valence-corrected chi connectivity index (χ3v) is 6.02. The van der Waals surface area contributed by atoms with E-state index in [9.17, 15) is 9.59 Å². The molecule has 0 aromatic carbocycles. The summed E-state index contributed by atoms with van der Waals surface area (Å²) in [6.07, 6.45) is 8.36. The summed E-state index contributed by atoms with van der Waals surface area (Å²) in [6.45, 7) is 4.45. The van der Waals surface area contributed by atoms with Crippen molar-refractivity contribution in [2.24, 2.45) is 5.92 Å². The van der Waals surface area contributed by atoms with Gasteiger partial charge in [0, 0.05) is 12.2 Å². The van der Waals surface area contributed by atoms with Gasteiger partial charge in [-0.2, -0.15) is 0 Å². The van der Waals surface area contributed by atoms with Gasteiger partial charge in [-0.3, -0.25) is 4.79 Å². The van der Waals surface area contributed by atoms with Gasteiger partial charge in [0.1, 0.15) is 6.04 Å². The summed E-state index contributed by atoms with van der Waals surface area (Å²) < 4.78 is 5.32. The molecule has 2 atom stereocenters. The van der Waals surface area contributed by atoms with Gasteiger partial charge in [0.15, 0.2) is 0 Å². The molecule has 0 N–H and O–H groups in total. The van der Waals surface area contributed by atoms with Crippen LogP contribution in [-0.4, -0.2) is 40.6 Å².